The summed E-state index contributed by atoms with van der Waals surface area (Å²) in [6.07, 6.45) is 1.05. The number of halogens is 2. The predicted octanol–water partition coefficient (Wildman–Crippen LogP) is 4.99. The van der Waals surface area contributed by atoms with E-state index in [0.717, 1.165) is 34.6 Å². The smallest absolute Gasteiger partial charge is 0.131 e. The zero-order chi connectivity index (χ0) is 14.3. The van der Waals surface area contributed by atoms with E-state index < -0.39 is 0 Å². The monoisotopic (exact) mass is 308 g/mol. The van der Waals surface area contributed by atoms with Gasteiger partial charge in [0.2, 0.25) is 0 Å². The summed E-state index contributed by atoms with van der Waals surface area (Å²) in [5, 5.41) is 1.23. The van der Waals surface area contributed by atoms with Gasteiger partial charge in [-0.3, -0.25) is 0 Å². The first-order valence-corrected chi connectivity index (χ1v) is 7.17. The maximum Gasteiger partial charge on any atom is 0.131 e. The quantitative estimate of drug-likeness (QED) is 0.778. The van der Waals surface area contributed by atoms with Gasteiger partial charge in [0.25, 0.3) is 0 Å². The molecule has 1 unspecified atom stereocenters. The van der Waals surface area contributed by atoms with Crippen LogP contribution in [0.1, 0.15) is 12.5 Å². The Hall–Kier alpha value is -1.38. The molecule has 2 aromatic carbocycles. The van der Waals surface area contributed by atoms with Gasteiger partial charge in [-0.05, 0) is 31.2 Å². The van der Waals surface area contributed by atoms with E-state index in [4.69, 9.17) is 32.7 Å². The highest BCUT2D eigenvalue weighted by Crippen LogP contribution is 2.44. The van der Waals surface area contributed by atoms with Gasteiger partial charge in [-0.15, -0.1) is 0 Å². The fourth-order valence-corrected chi connectivity index (χ4v) is 3.04. The lowest BCUT2D eigenvalue weighted by molar-refractivity contribution is 0.255. The van der Waals surface area contributed by atoms with Gasteiger partial charge in [0.05, 0.1) is 12.1 Å². The molecule has 20 heavy (non-hydrogen) atoms. The van der Waals surface area contributed by atoms with Gasteiger partial charge < -0.3 is 9.47 Å². The highest BCUT2D eigenvalue weighted by atomic mass is 35.5. The average molecular weight is 309 g/mol. The molecule has 0 saturated carbocycles. The third-order valence-electron chi connectivity index (χ3n) is 3.42. The van der Waals surface area contributed by atoms with E-state index >= 15 is 0 Å². The topological polar surface area (TPSA) is 18.5 Å². The predicted molar refractivity (Wildman–Crippen MR) is 82.2 cm³/mol. The SMILES string of the molecule is COc1cc2c(c(-c3ccc(Cl)cc3Cl)c1)OC(C)C2. The Bertz CT molecular complexity index is 668. The largest absolute Gasteiger partial charge is 0.497 e. The van der Waals surface area contributed by atoms with Crippen LogP contribution in [0.5, 0.6) is 11.5 Å². The molecule has 0 saturated heterocycles. The van der Waals surface area contributed by atoms with E-state index in [0.29, 0.717) is 10.0 Å². The van der Waals surface area contributed by atoms with Crippen molar-refractivity contribution in [1.82, 2.24) is 0 Å². The van der Waals surface area contributed by atoms with Gasteiger partial charge >= 0.3 is 0 Å². The molecule has 0 spiro atoms. The molecule has 0 N–H and O–H groups in total. The van der Waals surface area contributed by atoms with E-state index in [1.54, 1.807) is 13.2 Å². The molecule has 0 bridgehead atoms. The molecular formula is C16H14Cl2O2. The molecule has 0 aliphatic carbocycles. The maximum atomic E-state index is 6.32. The Morgan fingerprint density at radius 2 is 1.95 bits per heavy atom. The Morgan fingerprint density at radius 1 is 1.15 bits per heavy atom. The molecule has 1 aliphatic heterocycles. The maximum absolute atomic E-state index is 6.32. The summed E-state index contributed by atoms with van der Waals surface area (Å²) in [5.41, 5.74) is 3.00. The molecule has 0 radical (unpaired) electrons. The fourth-order valence-electron chi connectivity index (χ4n) is 2.53. The lowest BCUT2D eigenvalue weighted by atomic mass is 10.00. The minimum atomic E-state index is 0.168. The molecule has 0 amide bonds. The van der Waals surface area contributed by atoms with Crippen molar-refractivity contribution in [2.24, 2.45) is 0 Å². The minimum absolute atomic E-state index is 0.168. The summed E-state index contributed by atoms with van der Waals surface area (Å²) in [6, 6.07) is 9.44. The van der Waals surface area contributed by atoms with Crippen LogP contribution in [0.3, 0.4) is 0 Å². The summed E-state index contributed by atoms with van der Waals surface area (Å²) in [4.78, 5) is 0. The molecule has 1 heterocycles. The molecule has 4 heteroatoms. The van der Waals surface area contributed by atoms with Gasteiger partial charge in [-0.25, -0.2) is 0 Å². The van der Waals surface area contributed by atoms with E-state index in [2.05, 4.69) is 6.92 Å². The van der Waals surface area contributed by atoms with Crippen LogP contribution in [0.4, 0.5) is 0 Å². The molecule has 1 atom stereocenters. The number of benzene rings is 2. The van der Waals surface area contributed by atoms with Crippen molar-refractivity contribution in [3.63, 3.8) is 0 Å². The van der Waals surface area contributed by atoms with Crippen LogP contribution in [0.15, 0.2) is 30.3 Å². The zero-order valence-corrected chi connectivity index (χ0v) is 12.8. The van der Waals surface area contributed by atoms with Crippen LogP contribution in [-0.2, 0) is 6.42 Å². The van der Waals surface area contributed by atoms with Gasteiger partial charge in [0.15, 0.2) is 0 Å². The van der Waals surface area contributed by atoms with E-state index in [1.165, 1.54) is 0 Å². The van der Waals surface area contributed by atoms with Crippen molar-refractivity contribution in [2.45, 2.75) is 19.4 Å². The summed E-state index contributed by atoms with van der Waals surface area (Å²) < 4.78 is 11.3. The number of fused-ring (bicyclic) bond motifs is 1. The number of rotatable bonds is 2. The normalized spacial score (nSPS) is 16.7. The van der Waals surface area contributed by atoms with E-state index in [-0.39, 0.29) is 6.10 Å². The number of hydrogen-bond acceptors (Lipinski definition) is 2. The average Bonchev–Trinajstić information content (AvgIpc) is 2.78. The number of methoxy groups -OCH3 is 1. The van der Waals surface area contributed by atoms with Crippen molar-refractivity contribution in [2.75, 3.05) is 7.11 Å². The van der Waals surface area contributed by atoms with Gasteiger partial charge in [0.1, 0.15) is 17.6 Å². The number of hydrogen-bond donors (Lipinski definition) is 0. The second-order valence-corrected chi connectivity index (χ2v) is 5.76. The highest BCUT2D eigenvalue weighted by Gasteiger charge is 2.25. The van der Waals surface area contributed by atoms with Crippen molar-refractivity contribution in [3.05, 3.63) is 45.9 Å². The van der Waals surface area contributed by atoms with Gasteiger partial charge in [-0.2, -0.15) is 0 Å². The Balaban J connectivity index is 2.20. The van der Waals surface area contributed by atoms with Crippen molar-refractivity contribution < 1.29 is 9.47 Å². The van der Waals surface area contributed by atoms with Crippen LogP contribution in [0.25, 0.3) is 11.1 Å². The first-order valence-electron chi connectivity index (χ1n) is 6.41. The molecule has 3 rings (SSSR count). The lowest BCUT2D eigenvalue weighted by Gasteiger charge is -2.13. The summed E-state index contributed by atoms with van der Waals surface area (Å²) in [6.45, 7) is 2.06. The number of ether oxygens (including phenoxy) is 2. The Morgan fingerprint density at radius 3 is 2.65 bits per heavy atom. The van der Waals surface area contributed by atoms with E-state index in [9.17, 15) is 0 Å². The van der Waals surface area contributed by atoms with Crippen LogP contribution in [0, 0.1) is 0 Å². The highest BCUT2D eigenvalue weighted by molar-refractivity contribution is 6.36. The Kier molecular flexibility index (Phi) is 3.53. The molecule has 2 nitrogen and oxygen atoms in total. The molecule has 0 fully saturated rings. The zero-order valence-electron chi connectivity index (χ0n) is 11.2. The molecule has 2 aromatic rings. The Labute approximate surface area is 128 Å². The van der Waals surface area contributed by atoms with Gasteiger partial charge in [-0.1, -0.05) is 29.3 Å². The lowest BCUT2D eigenvalue weighted by Crippen LogP contribution is -2.05. The second kappa shape index (κ2) is 5.19. The first kappa shape index (κ1) is 13.6. The van der Waals surface area contributed by atoms with Crippen molar-refractivity contribution >= 4 is 23.2 Å². The van der Waals surface area contributed by atoms with Crippen LogP contribution in [-0.4, -0.2) is 13.2 Å². The summed E-state index contributed by atoms with van der Waals surface area (Å²) >= 11 is 12.3. The van der Waals surface area contributed by atoms with Gasteiger partial charge in [0, 0.05) is 28.1 Å². The molecular weight excluding hydrogens is 295 g/mol. The van der Waals surface area contributed by atoms with Crippen molar-refractivity contribution in [3.8, 4) is 22.6 Å². The van der Waals surface area contributed by atoms with Crippen LogP contribution >= 0.6 is 23.2 Å². The van der Waals surface area contributed by atoms with Crippen molar-refractivity contribution in [1.29, 1.82) is 0 Å². The first-order chi connectivity index (χ1) is 9.58. The fraction of sp³-hybridized carbons (Fsp3) is 0.250. The molecule has 1 aliphatic rings. The minimum Gasteiger partial charge on any atom is -0.497 e. The summed E-state index contributed by atoms with van der Waals surface area (Å²) in [7, 11) is 1.66. The third kappa shape index (κ3) is 2.34. The standard InChI is InChI=1S/C16H14Cl2O2/c1-9-5-10-6-12(19-2)8-14(16(10)20-9)13-4-3-11(17)7-15(13)18/h3-4,6-9H,5H2,1-2H3. The molecule has 0 aromatic heterocycles. The van der Waals surface area contributed by atoms with E-state index in [1.807, 2.05) is 24.3 Å². The third-order valence-corrected chi connectivity index (χ3v) is 3.97. The van der Waals surface area contributed by atoms with Crippen LogP contribution < -0.4 is 9.47 Å². The molecule has 104 valence electrons. The van der Waals surface area contributed by atoms with Crippen LogP contribution in [0.2, 0.25) is 10.0 Å². The summed E-state index contributed by atoms with van der Waals surface area (Å²) in [5.74, 6) is 1.70. The second-order valence-electron chi connectivity index (χ2n) is 4.92.